The summed E-state index contributed by atoms with van der Waals surface area (Å²) in [6, 6.07) is 22.4. The summed E-state index contributed by atoms with van der Waals surface area (Å²) in [4.78, 5) is 140. The number of aliphatic imine (C=N–C) groups is 1. The van der Waals surface area contributed by atoms with Crippen molar-refractivity contribution >= 4 is 81.5 Å². The van der Waals surface area contributed by atoms with Gasteiger partial charge in [-0.1, -0.05) is 98.2 Å². The Bertz CT molecular complexity index is 3490. The molecule has 0 bridgehead atoms. The summed E-state index contributed by atoms with van der Waals surface area (Å²) in [5.74, 6) is -6.88. The smallest absolute Gasteiger partial charge is 0.252 e. The van der Waals surface area contributed by atoms with Crippen molar-refractivity contribution < 1.29 is 53.4 Å². The molecule has 14 N–H and O–H groups in total. The van der Waals surface area contributed by atoms with Crippen LogP contribution in [0.1, 0.15) is 79.1 Å². The molecule has 0 saturated heterocycles. The van der Waals surface area contributed by atoms with Gasteiger partial charge in [-0.3, -0.25) is 58.1 Å². The fourth-order valence-electron chi connectivity index (χ4n) is 10.0. The number of nitrogens with one attached hydrogen (secondary N) is 8. The number of nitrogens with zero attached hydrogens (tertiary/aromatic N) is 4. The molecule has 2 aromatic heterocycles. The van der Waals surface area contributed by atoms with E-state index in [1.807, 2.05) is 56.3 Å². The summed E-state index contributed by atoms with van der Waals surface area (Å²) in [5, 5.41) is 45.3. The van der Waals surface area contributed by atoms with Crippen LogP contribution >= 0.6 is 11.6 Å². The van der Waals surface area contributed by atoms with E-state index < -0.39 is 96.2 Å². The van der Waals surface area contributed by atoms with E-state index in [4.69, 9.17) is 23.1 Å². The lowest BCUT2D eigenvalue weighted by molar-refractivity contribution is -0.144. The van der Waals surface area contributed by atoms with Crippen molar-refractivity contribution in [1.29, 1.82) is 0 Å². The summed E-state index contributed by atoms with van der Waals surface area (Å²) in [5.41, 5.74) is 13.5. The van der Waals surface area contributed by atoms with Gasteiger partial charge in [-0.15, -0.1) is 0 Å². The third-order valence-corrected chi connectivity index (χ3v) is 15.1. The van der Waals surface area contributed by atoms with Gasteiger partial charge in [-0.25, -0.2) is 0 Å². The summed E-state index contributed by atoms with van der Waals surface area (Å²) in [6.45, 7) is 4.25. The van der Waals surface area contributed by atoms with Gasteiger partial charge >= 0.3 is 0 Å². The second-order valence-electron chi connectivity index (χ2n) is 22.6. The minimum atomic E-state index is -1.77. The average Bonchev–Trinajstić information content (AvgIpc) is 0.939. The number of rotatable bonds is 34. The van der Waals surface area contributed by atoms with Crippen molar-refractivity contribution in [2.45, 2.75) is 114 Å². The number of phenols is 1. The fraction of sp³-hybridized carbons (Fsp3) is 0.364. The molecule has 7 atom stereocenters. The lowest BCUT2D eigenvalue weighted by Crippen LogP contribution is -2.61. The van der Waals surface area contributed by atoms with Crippen LogP contribution in [0, 0.1) is 5.92 Å². The van der Waals surface area contributed by atoms with E-state index in [0.29, 0.717) is 33.7 Å². The van der Waals surface area contributed by atoms with Gasteiger partial charge in [0.15, 0.2) is 5.96 Å². The molecule has 25 nitrogen and oxygen atoms in total. The van der Waals surface area contributed by atoms with Crippen molar-refractivity contribution in [2.75, 3.05) is 33.3 Å². The van der Waals surface area contributed by atoms with Crippen molar-refractivity contribution in [2.24, 2.45) is 22.4 Å². The maximum atomic E-state index is 15.0. The Morgan fingerprint density at radius 2 is 1.12 bits per heavy atom. The van der Waals surface area contributed by atoms with Crippen LogP contribution in [0.2, 0.25) is 5.02 Å². The van der Waals surface area contributed by atoms with E-state index in [1.165, 1.54) is 63.0 Å². The third kappa shape index (κ3) is 23.1. The maximum Gasteiger partial charge on any atom is 0.252 e. The Balaban J connectivity index is 1.26. The molecule has 0 aliphatic heterocycles. The van der Waals surface area contributed by atoms with Crippen LogP contribution in [-0.4, -0.2) is 160 Å². The number of pyridine rings is 2. The Morgan fingerprint density at radius 1 is 0.565 bits per heavy atom. The number of nitrogens with two attached hydrogens (primary N) is 2. The van der Waals surface area contributed by atoms with Gasteiger partial charge in [-0.05, 0) is 107 Å². The highest BCUT2D eigenvalue weighted by Gasteiger charge is 2.37. The molecule has 6 rings (SSSR count). The van der Waals surface area contributed by atoms with E-state index in [-0.39, 0.29) is 88.1 Å². The first kappa shape index (κ1) is 71.1. The number of phenolic OH excluding ortho intramolecular Hbond substituents is 1. The number of halogens is 1. The highest BCUT2D eigenvalue weighted by atomic mass is 35.5. The number of aliphatic hydroxyl groups is 1. The number of hydrogen-bond donors (Lipinski definition) is 12. The first-order chi connectivity index (χ1) is 44.1. The van der Waals surface area contributed by atoms with Gasteiger partial charge in [0.2, 0.25) is 47.3 Å². The molecule has 488 valence electrons. The van der Waals surface area contributed by atoms with Gasteiger partial charge in [0.1, 0.15) is 48.0 Å². The largest absolute Gasteiger partial charge is 0.508 e. The summed E-state index contributed by atoms with van der Waals surface area (Å²) >= 11 is 6.23. The minimum absolute atomic E-state index is 0.0186. The van der Waals surface area contributed by atoms with Gasteiger partial charge in [0, 0.05) is 82.6 Å². The highest BCUT2D eigenvalue weighted by Crippen LogP contribution is 2.20. The number of guanidine groups is 1. The topological polar surface area (TPSA) is 384 Å². The number of hydrogen-bond acceptors (Lipinski definition) is 14. The lowest BCUT2D eigenvalue weighted by atomic mass is 9.99. The van der Waals surface area contributed by atoms with Crippen LogP contribution in [0.3, 0.4) is 0 Å². The number of likely N-dealkylation sites (N-methyl/N-ethyl adjacent to an activating group) is 1. The molecule has 9 amide bonds. The number of aromatic nitrogens is 2. The second-order valence-corrected chi connectivity index (χ2v) is 23.0. The molecule has 92 heavy (non-hydrogen) atoms. The molecular weight excluding hydrogens is 1200 g/mol. The van der Waals surface area contributed by atoms with E-state index in [2.05, 4.69) is 57.5 Å². The standard InChI is InChI=1S/C66H81ClN14O11/c1-40(2)31-52(59(86)73-29-30-74-66(68)69)77-60(87)51(15-7-8-28-72-58(85)48-14-10-27-71-38-48)76-64(91)57(36-43-19-24-50(84)25-20-43)81(4)65(92)56(39-82)80-63(90)55(35-45-11-9-26-70-37-45)79-62(89)54(33-42-17-22-49(67)23-18-42)78-61(88)53(75-41(3)83)34-44-16-21-46-12-5-6-13-47(46)32-44/h5-6,9-14,16-27,32,37-38,40,51-57,82,84H,7-8,15,28-31,33-36,39H2,1-4H3,(H,72,85)(H,73,86)(H,75,83)(H,76,91)(H,77,87)(H,78,88)(H,79,89)(H,80,90)(H4,68,69,74)/t51-,52+,53-,54-,55-,56+,57+/m1/s1. The number of benzene rings is 4. The van der Waals surface area contributed by atoms with Crippen molar-refractivity contribution in [1.82, 2.24) is 57.4 Å². The number of fused-ring (bicyclic) bond motifs is 1. The summed E-state index contributed by atoms with van der Waals surface area (Å²) in [7, 11) is 1.26. The molecule has 26 heteroatoms. The summed E-state index contributed by atoms with van der Waals surface area (Å²) < 4.78 is 0. The first-order valence-electron chi connectivity index (χ1n) is 30.1. The Labute approximate surface area is 538 Å². The Morgan fingerprint density at radius 3 is 1.73 bits per heavy atom. The highest BCUT2D eigenvalue weighted by molar-refractivity contribution is 6.30. The van der Waals surface area contributed by atoms with Crippen molar-refractivity contribution in [3.8, 4) is 5.75 Å². The zero-order valence-electron chi connectivity index (χ0n) is 51.8. The Hall–Kier alpha value is -10.0. The second kappa shape index (κ2) is 36.0. The number of unbranched alkanes of at least 4 members (excludes halogenated alkanes) is 1. The van der Waals surface area contributed by atoms with Gasteiger partial charge in [-0.2, -0.15) is 0 Å². The quantitative estimate of drug-likeness (QED) is 0.0156. The minimum Gasteiger partial charge on any atom is -0.508 e. The number of aromatic hydroxyl groups is 1. The normalized spacial score (nSPS) is 13.3. The first-order valence-corrected chi connectivity index (χ1v) is 30.5. The van der Waals surface area contributed by atoms with Crippen LogP contribution < -0.4 is 54.0 Å². The average molecular weight is 1280 g/mol. The molecule has 0 spiro atoms. The number of aliphatic hydroxyl groups excluding tert-OH is 1. The Kier molecular flexibility index (Phi) is 27.8. The van der Waals surface area contributed by atoms with Gasteiger partial charge < -0.3 is 69.1 Å². The molecule has 0 radical (unpaired) electrons. The van der Waals surface area contributed by atoms with Crippen molar-refractivity contribution in [3.05, 3.63) is 173 Å². The predicted molar refractivity (Wildman–Crippen MR) is 347 cm³/mol. The number of carbonyl (C=O) groups is 9. The molecule has 2 heterocycles. The predicted octanol–water partition coefficient (Wildman–Crippen LogP) is 2.04. The van der Waals surface area contributed by atoms with Crippen LogP contribution in [-0.2, 0) is 64.0 Å². The molecule has 0 saturated carbocycles. The van der Waals surface area contributed by atoms with E-state index in [1.54, 1.807) is 48.5 Å². The molecule has 4 aromatic carbocycles. The molecule has 0 fully saturated rings. The SMILES string of the molecule is CC(=O)N[C@H](Cc1ccc2ccccc2c1)C(=O)N[C@H](Cc1ccc(Cl)cc1)C(=O)N[C@H](Cc1cccnc1)C(=O)N[C@@H](CO)C(=O)N(C)[C@@H](Cc1ccc(O)cc1)C(=O)N[C@H](CCCCNC(=O)c1cccnc1)C(=O)N[C@@H](CC(C)C)C(=O)NCCN=C(N)N. The fourth-order valence-corrected chi connectivity index (χ4v) is 10.1. The lowest BCUT2D eigenvalue weighted by Gasteiger charge is -2.32. The van der Waals surface area contributed by atoms with E-state index in [0.717, 1.165) is 21.2 Å². The van der Waals surface area contributed by atoms with Crippen molar-refractivity contribution in [3.63, 3.8) is 0 Å². The molecule has 0 aliphatic carbocycles. The third-order valence-electron chi connectivity index (χ3n) is 14.8. The maximum absolute atomic E-state index is 15.0. The van der Waals surface area contributed by atoms with Crippen LogP contribution in [0.4, 0.5) is 0 Å². The monoisotopic (exact) mass is 1280 g/mol. The number of amides is 9. The van der Waals surface area contributed by atoms with Gasteiger partial charge in [0.25, 0.3) is 5.91 Å². The van der Waals surface area contributed by atoms with Crippen LogP contribution in [0.25, 0.3) is 10.8 Å². The molecule has 0 unspecified atom stereocenters. The molecule has 6 aromatic rings. The van der Waals surface area contributed by atoms with Gasteiger partial charge in [0.05, 0.1) is 18.7 Å². The van der Waals surface area contributed by atoms with Crippen LogP contribution in [0.15, 0.2) is 145 Å². The van der Waals surface area contributed by atoms with Crippen LogP contribution in [0.5, 0.6) is 5.75 Å². The van der Waals surface area contributed by atoms with E-state index >= 15 is 0 Å². The zero-order chi connectivity index (χ0) is 66.7. The summed E-state index contributed by atoms with van der Waals surface area (Å²) in [6.07, 6.45) is 6.18. The molecule has 0 aliphatic rings. The number of carbonyl (C=O) groups excluding carboxylic acids is 9. The van der Waals surface area contributed by atoms with E-state index in [9.17, 15) is 53.4 Å². The molecular formula is C66H81ClN14O11. The zero-order valence-corrected chi connectivity index (χ0v) is 52.5.